The summed E-state index contributed by atoms with van der Waals surface area (Å²) < 4.78 is 28.6. The molecule has 1 unspecified atom stereocenters. The zero-order valence-corrected chi connectivity index (χ0v) is 12.8. The van der Waals surface area contributed by atoms with Gasteiger partial charge in [-0.05, 0) is 19.1 Å². The van der Waals surface area contributed by atoms with Crippen molar-refractivity contribution in [3.05, 3.63) is 23.8 Å². The van der Waals surface area contributed by atoms with E-state index in [0.717, 1.165) is 0 Å². The lowest BCUT2D eigenvalue weighted by molar-refractivity contribution is 0.318. The van der Waals surface area contributed by atoms with E-state index in [0.29, 0.717) is 23.5 Å². The maximum atomic E-state index is 11.7. The minimum atomic E-state index is -3.01. The minimum Gasteiger partial charge on any atom is -0.497 e. The van der Waals surface area contributed by atoms with Gasteiger partial charge in [0.25, 0.3) is 0 Å². The molecule has 0 aliphatic carbocycles. The molecule has 21 heavy (non-hydrogen) atoms. The largest absolute Gasteiger partial charge is 0.497 e. The van der Waals surface area contributed by atoms with Gasteiger partial charge in [0.1, 0.15) is 5.75 Å². The van der Waals surface area contributed by atoms with Crippen LogP contribution in [0.25, 0.3) is 0 Å². The highest BCUT2D eigenvalue weighted by Gasteiger charge is 2.30. The summed E-state index contributed by atoms with van der Waals surface area (Å²) in [7, 11) is -1.46. The Morgan fingerprint density at radius 1 is 1.52 bits per heavy atom. The fraction of sp³-hybridized carbons (Fsp3) is 0.462. The van der Waals surface area contributed by atoms with E-state index in [9.17, 15) is 8.42 Å². The first-order chi connectivity index (χ1) is 9.88. The Bertz CT molecular complexity index is 657. The van der Waals surface area contributed by atoms with Crippen molar-refractivity contribution in [2.45, 2.75) is 13.0 Å². The zero-order chi connectivity index (χ0) is 15.6. The molecule has 1 saturated heterocycles. The normalized spacial score (nSPS) is 22.1. The summed E-state index contributed by atoms with van der Waals surface area (Å²) >= 11 is 0. The molecule has 0 spiro atoms. The van der Waals surface area contributed by atoms with Crippen molar-refractivity contribution in [2.24, 2.45) is 10.9 Å². The average Bonchev–Trinajstić information content (AvgIpc) is 2.45. The van der Waals surface area contributed by atoms with E-state index in [1.54, 1.807) is 25.3 Å². The Labute approximate surface area is 123 Å². The van der Waals surface area contributed by atoms with E-state index in [4.69, 9.17) is 15.7 Å². The molecule has 1 heterocycles. The molecule has 0 radical (unpaired) electrons. The van der Waals surface area contributed by atoms with Gasteiger partial charge < -0.3 is 20.6 Å². The highest BCUT2D eigenvalue weighted by atomic mass is 32.2. The highest BCUT2D eigenvalue weighted by Crippen LogP contribution is 2.29. The van der Waals surface area contributed by atoms with Crippen molar-refractivity contribution in [2.75, 3.05) is 30.1 Å². The smallest absolute Gasteiger partial charge is 0.172 e. The molecule has 1 aromatic carbocycles. The molecule has 0 amide bonds. The van der Waals surface area contributed by atoms with Crippen LogP contribution in [-0.4, -0.2) is 50.7 Å². The topological polar surface area (TPSA) is 105 Å². The number of hydrogen-bond donors (Lipinski definition) is 2. The van der Waals surface area contributed by atoms with Crippen LogP contribution in [0.1, 0.15) is 12.5 Å². The minimum absolute atomic E-state index is 0.0201. The molecule has 1 fully saturated rings. The van der Waals surface area contributed by atoms with Gasteiger partial charge in [0, 0.05) is 24.2 Å². The van der Waals surface area contributed by atoms with Crippen LogP contribution < -0.4 is 15.4 Å². The number of amidine groups is 1. The molecule has 116 valence electrons. The quantitative estimate of drug-likeness (QED) is 0.362. The van der Waals surface area contributed by atoms with E-state index in [1.165, 1.54) is 0 Å². The molecular weight excluding hydrogens is 294 g/mol. The predicted octanol–water partition coefficient (Wildman–Crippen LogP) is 0.413. The second kappa shape index (κ2) is 5.80. The number of methoxy groups -OCH3 is 1. The van der Waals surface area contributed by atoms with Gasteiger partial charge in [0.15, 0.2) is 15.7 Å². The van der Waals surface area contributed by atoms with Crippen molar-refractivity contribution < 1.29 is 18.4 Å². The van der Waals surface area contributed by atoms with Crippen LogP contribution in [-0.2, 0) is 9.84 Å². The van der Waals surface area contributed by atoms with Crippen molar-refractivity contribution in [3.63, 3.8) is 0 Å². The van der Waals surface area contributed by atoms with E-state index in [-0.39, 0.29) is 23.4 Å². The monoisotopic (exact) mass is 313 g/mol. The number of hydrogen-bond acceptors (Lipinski definition) is 6. The number of nitrogens with two attached hydrogens (primary N) is 1. The fourth-order valence-corrected chi connectivity index (χ4v) is 4.06. The Morgan fingerprint density at radius 2 is 2.24 bits per heavy atom. The standard InChI is InChI=1S/C13H19N3O4S/c1-9-8-21(18,19)6-5-16(9)12-7-10(20-2)3-4-11(12)13(14)15-17/h3-4,7,9,17H,5-6,8H2,1-2H3,(H2,14,15). The Balaban J connectivity index is 2.46. The molecule has 1 aromatic rings. The molecular formula is C13H19N3O4S. The third-order valence-electron chi connectivity index (χ3n) is 3.57. The second-order valence-corrected chi connectivity index (χ2v) is 7.25. The molecule has 0 saturated carbocycles. The summed E-state index contributed by atoms with van der Waals surface area (Å²) in [5.41, 5.74) is 6.95. The number of rotatable bonds is 3. The number of benzene rings is 1. The lowest BCUT2D eigenvalue weighted by atomic mass is 10.1. The number of anilines is 1. The molecule has 7 nitrogen and oxygen atoms in total. The van der Waals surface area contributed by atoms with Crippen molar-refractivity contribution in [1.29, 1.82) is 0 Å². The molecule has 3 N–H and O–H groups in total. The summed E-state index contributed by atoms with van der Waals surface area (Å²) in [6.45, 7) is 2.20. The molecule has 1 aliphatic rings. The third kappa shape index (κ3) is 3.21. The molecule has 8 heteroatoms. The lowest BCUT2D eigenvalue weighted by Gasteiger charge is -2.36. The second-order valence-electron chi connectivity index (χ2n) is 5.03. The third-order valence-corrected chi connectivity index (χ3v) is 5.36. The summed E-state index contributed by atoms with van der Waals surface area (Å²) in [6.07, 6.45) is 0. The van der Waals surface area contributed by atoms with Crippen LogP contribution in [0.5, 0.6) is 5.75 Å². The highest BCUT2D eigenvalue weighted by molar-refractivity contribution is 7.91. The van der Waals surface area contributed by atoms with Crippen LogP contribution in [0, 0.1) is 0 Å². The molecule has 0 bridgehead atoms. The Hall–Kier alpha value is -1.96. The Morgan fingerprint density at radius 3 is 2.81 bits per heavy atom. The van der Waals surface area contributed by atoms with Gasteiger partial charge in [-0.3, -0.25) is 0 Å². The number of oxime groups is 1. The lowest BCUT2D eigenvalue weighted by Crippen LogP contribution is -2.47. The van der Waals surface area contributed by atoms with E-state index in [2.05, 4.69) is 5.16 Å². The average molecular weight is 313 g/mol. The fourth-order valence-electron chi connectivity index (χ4n) is 2.50. The summed E-state index contributed by atoms with van der Waals surface area (Å²) in [5.74, 6) is 0.776. The zero-order valence-electron chi connectivity index (χ0n) is 12.0. The van der Waals surface area contributed by atoms with Gasteiger partial charge in [0.2, 0.25) is 0 Å². The van der Waals surface area contributed by atoms with Crippen molar-refractivity contribution >= 4 is 21.4 Å². The van der Waals surface area contributed by atoms with Gasteiger partial charge in [-0.25, -0.2) is 8.42 Å². The van der Waals surface area contributed by atoms with Crippen LogP contribution >= 0.6 is 0 Å². The molecule has 2 rings (SSSR count). The van der Waals surface area contributed by atoms with Crippen molar-refractivity contribution in [3.8, 4) is 5.75 Å². The first-order valence-electron chi connectivity index (χ1n) is 6.51. The molecule has 0 aromatic heterocycles. The number of sulfone groups is 1. The Kier molecular flexibility index (Phi) is 4.26. The summed E-state index contributed by atoms with van der Waals surface area (Å²) in [5, 5.41) is 11.9. The summed E-state index contributed by atoms with van der Waals surface area (Å²) in [6, 6.07) is 4.98. The van der Waals surface area contributed by atoms with E-state index < -0.39 is 9.84 Å². The maximum absolute atomic E-state index is 11.7. The van der Waals surface area contributed by atoms with E-state index in [1.807, 2.05) is 11.8 Å². The predicted molar refractivity (Wildman–Crippen MR) is 81.0 cm³/mol. The van der Waals surface area contributed by atoms with Crippen LogP contribution in [0.3, 0.4) is 0 Å². The van der Waals surface area contributed by atoms with Crippen LogP contribution in [0.2, 0.25) is 0 Å². The van der Waals surface area contributed by atoms with Gasteiger partial charge in [-0.1, -0.05) is 5.16 Å². The molecule has 1 aliphatic heterocycles. The first-order valence-corrected chi connectivity index (χ1v) is 8.33. The number of nitrogens with zero attached hydrogens (tertiary/aromatic N) is 2. The van der Waals surface area contributed by atoms with Crippen LogP contribution in [0.4, 0.5) is 5.69 Å². The molecule has 1 atom stereocenters. The van der Waals surface area contributed by atoms with Gasteiger partial charge in [0.05, 0.1) is 24.3 Å². The van der Waals surface area contributed by atoms with Crippen LogP contribution in [0.15, 0.2) is 23.4 Å². The van der Waals surface area contributed by atoms with Gasteiger partial charge in [-0.15, -0.1) is 0 Å². The maximum Gasteiger partial charge on any atom is 0.172 e. The summed E-state index contributed by atoms with van der Waals surface area (Å²) in [4.78, 5) is 1.94. The van der Waals surface area contributed by atoms with Gasteiger partial charge >= 0.3 is 0 Å². The first kappa shape index (κ1) is 15.4. The van der Waals surface area contributed by atoms with Crippen molar-refractivity contribution in [1.82, 2.24) is 0 Å². The number of ether oxygens (including phenoxy) is 1. The SMILES string of the molecule is COc1ccc(/C(N)=N/O)c(N2CCS(=O)(=O)CC2C)c1. The van der Waals surface area contributed by atoms with E-state index >= 15 is 0 Å². The van der Waals surface area contributed by atoms with Gasteiger partial charge in [-0.2, -0.15) is 0 Å².